The SMILES string of the molecule is CCC(C)(O)C1=Nc2c(F)cc(-c3nc(N[C@@H]4CCOC[C@H]4O)ncc3Cl)cc2C1(C)C. The number of aliphatic hydroxyl groups excluding tert-OH is 1. The summed E-state index contributed by atoms with van der Waals surface area (Å²) < 4.78 is 20.4. The van der Waals surface area contributed by atoms with Crippen LogP contribution in [0.15, 0.2) is 23.3 Å². The summed E-state index contributed by atoms with van der Waals surface area (Å²) in [6.07, 6.45) is 1.86. The molecule has 1 aromatic heterocycles. The number of rotatable bonds is 5. The van der Waals surface area contributed by atoms with Crippen LogP contribution in [0.3, 0.4) is 0 Å². The zero-order valence-electron chi connectivity index (χ0n) is 18.6. The van der Waals surface area contributed by atoms with Crippen molar-refractivity contribution in [3.05, 3.63) is 34.7 Å². The van der Waals surface area contributed by atoms with E-state index in [2.05, 4.69) is 20.3 Å². The first-order chi connectivity index (χ1) is 15.0. The van der Waals surface area contributed by atoms with Gasteiger partial charge in [0, 0.05) is 17.6 Å². The van der Waals surface area contributed by atoms with Crippen molar-refractivity contribution in [2.24, 2.45) is 4.99 Å². The first-order valence-corrected chi connectivity index (χ1v) is 11.1. The first kappa shape index (κ1) is 23.0. The molecule has 2 aliphatic rings. The number of fused-ring (bicyclic) bond motifs is 1. The molecule has 7 nitrogen and oxygen atoms in total. The van der Waals surface area contributed by atoms with Crippen LogP contribution < -0.4 is 5.32 Å². The molecule has 0 spiro atoms. The van der Waals surface area contributed by atoms with E-state index in [4.69, 9.17) is 16.3 Å². The standard InChI is InChI=1S/C23H28ClFN4O3/c1-5-23(4,31)20-22(2,3)13-8-12(9-15(25)19(13)28-20)18-14(24)10-26-21(29-18)27-16-6-7-32-11-17(16)30/h8-10,16-17,30-31H,5-7,11H2,1-4H3,(H,26,27,29)/t16-,17-,23?/m1/s1. The minimum Gasteiger partial charge on any atom is -0.389 e. The number of ether oxygens (including phenoxy) is 1. The molecule has 0 saturated carbocycles. The molecular weight excluding hydrogens is 435 g/mol. The highest BCUT2D eigenvalue weighted by molar-refractivity contribution is 6.33. The van der Waals surface area contributed by atoms with Gasteiger partial charge in [0.25, 0.3) is 0 Å². The summed E-state index contributed by atoms with van der Waals surface area (Å²) in [6.45, 7) is 8.19. The van der Waals surface area contributed by atoms with Crippen LogP contribution in [-0.4, -0.2) is 56.9 Å². The maximum Gasteiger partial charge on any atom is 0.223 e. The Kier molecular flexibility index (Phi) is 6.00. The van der Waals surface area contributed by atoms with Gasteiger partial charge in [-0.2, -0.15) is 0 Å². The first-order valence-electron chi connectivity index (χ1n) is 10.8. The van der Waals surface area contributed by atoms with E-state index >= 15 is 4.39 Å². The Morgan fingerprint density at radius 3 is 2.81 bits per heavy atom. The van der Waals surface area contributed by atoms with Crippen LogP contribution in [0.1, 0.15) is 46.1 Å². The van der Waals surface area contributed by atoms with Gasteiger partial charge in [0.2, 0.25) is 5.95 Å². The van der Waals surface area contributed by atoms with Crippen molar-refractivity contribution in [2.75, 3.05) is 18.5 Å². The molecule has 3 atom stereocenters. The fourth-order valence-corrected chi connectivity index (χ4v) is 4.56. The Balaban J connectivity index is 1.72. The maximum atomic E-state index is 15.2. The van der Waals surface area contributed by atoms with E-state index in [9.17, 15) is 10.2 Å². The number of nitrogens with one attached hydrogen (secondary N) is 1. The van der Waals surface area contributed by atoms with Crippen molar-refractivity contribution < 1.29 is 19.3 Å². The average molecular weight is 463 g/mol. The Labute approximate surface area is 191 Å². The van der Waals surface area contributed by atoms with Crippen LogP contribution >= 0.6 is 11.6 Å². The quantitative estimate of drug-likeness (QED) is 0.620. The highest BCUT2D eigenvalue weighted by atomic mass is 35.5. The van der Waals surface area contributed by atoms with Gasteiger partial charge in [-0.25, -0.2) is 14.4 Å². The molecule has 1 unspecified atom stereocenters. The van der Waals surface area contributed by atoms with Crippen molar-refractivity contribution in [3.63, 3.8) is 0 Å². The number of benzene rings is 1. The molecule has 32 heavy (non-hydrogen) atoms. The van der Waals surface area contributed by atoms with Crippen molar-refractivity contribution in [2.45, 2.75) is 63.7 Å². The number of halogens is 2. The molecular formula is C23H28ClFN4O3. The number of anilines is 1. The molecule has 2 aliphatic heterocycles. The third kappa shape index (κ3) is 4.01. The van der Waals surface area contributed by atoms with Crippen LogP contribution in [0.4, 0.5) is 16.0 Å². The zero-order chi connectivity index (χ0) is 23.3. The second-order valence-corrected chi connectivity index (χ2v) is 9.55. The molecule has 172 valence electrons. The summed E-state index contributed by atoms with van der Waals surface area (Å²) in [5, 5.41) is 24.4. The number of hydrogen-bond acceptors (Lipinski definition) is 7. The molecule has 0 radical (unpaired) electrons. The normalized spacial score (nSPS) is 23.9. The lowest BCUT2D eigenvalue weighted by atomic mass is 9.74. The van der Waals surface area contributed by atoms with E-state index < -0.39 is 22.9 Å². The Hall–Kier alpha value is -2.13. The van der Waals surface area contributed by atoms with Crippen molar-refractivity contribution in [1.82, 2.24) is 9.97 Å². The molecule has 2 aromatic rings. The highest BCUT2D eigenvalue weighted by Crippen LogP contribution is 2.47. The van der Waals surface area contributed by atoms with E-state index in [1.807, 2.05) is 26.8 Å². The second kappa shape index (κ2) is 8.33. The third-order valence-electron chi connectivity index (χ3n) is 6.41. The molecule has 1 saturated heterocycles. The summed E-state index contributed by atoms with van der Waals surface area (Å²) in [5.74, 6) is -0.210. The highest BCUT2D eigenvalue weighted by Gasteiger charge is 2.44. The van der Waals surface area contributed by atoms with Crippen molar-refractivity contribution >= 4 is 28.9 Å². The summed E-state index contributed by atoms with van der Waals surface area (Å²) in [5.41, 5.74) is 0.477. The number of hydrogen-bond donors (Lipinski definition) is 3. The second-order valence-electron chi connectivity index (χ2n) is 9.14. The molecule has 0 amide bonds. The monoisotopic (exact) mass is 462 g/mol. The average Bonchev–Trinajstić information content (AvgIpc) is 3.03. The molecule has 3 N–H and O–H groups in total. The van der Waals surface area contributed by atoms with Gasteiger partial charge in [-0.1, -0.05) is 32.4 Å². The van der Waals surface area contributed by atoms with Gasteiger partial charge >= 0.3 is 0 Å². The summed E-state index contributed by atoms with van der Waals surface area (Å²) in [7, 11) is 0. The van der Waals surface area contributed by atoms with Crippen molar-refractivity contribution in [1.29, 1.82) is 0 Å². The number of aliphatic hydroxyl groups is 2. The van der Waals surface area contributed by atoms with Gasteiger partial charge in [0.15, 0.2) is 0 Å². The topological polar surface area (TPSA) is 99.9 Å². The lowest BCUT2D eigenvalue weighted by Crippen LogP contribution is -2.44. The predicted molar refractivity (Wildman–Crippen MR) is 122 cm³/mol. The zero-order valence-corrected chi connectivity index (χ0v) is 19.4. The van der Waals surface area contributed by atoms with E-state index in [0.29, 0.717) is 47.9 Å². The smallest absolute Gasteiger partial charge is 0.223 e. The molecule has 0 bridgehead atoms. The number of aromatic nitrogens is 2. The Morgan fingerprint density at radius 2 is 2.12 bits per heavy atom. The van der Waals surface area contributed by atoms with E-state index in [1.54, 1.807) is 6.92 Å². The van der Waals surface area contributed by atoms with Crippen LogP contribution in [0.5, 0.6) is 0 Å². The number of aliphatic imine (C=N–C) groups is 1. The van der Waals surface area contributed by atoms with Crippen LogP contribution in [0.2, 0.25) is 5.02 Å². The largest absolute Gasteiger partial charge is 0.389 e. The Morgan fingerprint density at radius 1 is 1.38 bits per heavy atom. The molecule has 1 aromatic carbocycles. The molecule has 4 rings (SSSR count). The van der Waals surface area contributed by atoms with E-state index in [0.717, 1.165) is 0 Å². The van der Waals surface area contributed by atoms with Crippen molar-refractivity contribution in [3.8, 4) is 11.3 Å². The fourth-order valence-electron chi connectivity index (χ4n) is 4.36. The van der Waals surface area contributed by atoms with E-state index in [-0.39, 0.29) is 23.4 Å². The predicted octanol–water partition coefficient (Wildman–Crippen LogP) is 4.02. The van der Waals surface area contributed by atoms with E-state index in [1.165, 1.54) is 12.3 Å². The molecule has 3 heterocycles. The Bertz CT molecular complexity index is 1070. The minimum absolute atomic E-state index is 0.233. The van der Waals surface area contributed by atoms with Crippen LogP contribution in [0, 0.1) is 5.82 Å². The van der Waals surface area contributed by atoms with Gasteiger partial charge in [-0.3, -0.25) is 4.99 Å². The van der Waals surface area contributed by atoms with Crippen LogP contribution in [0.25, 0.3) is 11.3 Å². The van der Waals surface area contributed by atoms with Gasteiger partial charge < -0.3 is 20.3 Å². The maximum absolute atomic E-state index is 15.2. The summed E-state index contributed by atoms with van der Waals surface area (Å²) in [4.78, 5) is 13.2. The molecule has 1 fully saturated rings. The lowest BCUT2D eigenvalue weighted by Gasteiger charge is -2.32. The summed E-state index contributed by atoms with van der Waals surface area (Å²) in [6, 6.07) is 2.92. The molecule has 9 heteroatoms. The minimum atomic E-state index is -1.15. The van der Waals surface area contributed by atoms with Gasteiger partial charge in [0.1, 0.15) is 17.1 Å². The fraction of sp³-hybridized carbons (Fsp3) is 0.522. The summed E-state index contributed by atoms with van der Waals surface area (Å²) >= 11 is 6.39. The van der Waals surface area contributed by atoms with Gasteiger partial charge in [-0.15, -0.1) is 0 Å². The third-order valence-corrected chi connectivity index (χ3v) is 6.69. The van der Waals surface area contributed by atoms with Crippen LogP contribution in [-0.2, 0) is 10.2 Å². The lowest BCUT2D eigenvalue weighted by molar-refractivity contribution is -0.0136. The number of nitrogens with zero attached hydrogens (tertiary/aromatic N) is 3. The van der Waals surface area contributed by atoms with Gasteiger partial charge in [-0.05, 0) is 37.5 Å². The van der Waals surface area contributed by atoms with Gasteiger partial charge in [0.05, 0.1) is 41.4 Å². The molecule has 0 aliphatic carbocycles.